The maximum Gasteiger partial charge on any atom is 0.407 e. The topological polar surface area (TPSA) is 123 Å². The summed E-state index contributed by atoms with van der Waals surface area (Å²) in [7, 11) is 0. The summed E-state index contributed by atoms with van der Waals surface area (Å²) in [5.41, 5.74) is 4.56. The van der Waals surface area contributed by atoms with Crippen LogP contribution in [0.4, 0.5) is 4.79 Å². The molecular weight excluding hydrogens is 452 g/mol. The van der Waals surface area contributed by atoms with Crippen molar-refractivity contribution in [1.82, 2.24) is 10.6 Å². The van der Waals surface area contributed by atoms with Crippen LogP contribution in [-0.2, 0) is 23.8 Å². The summed E-state index contributed by atoms with van der Waals surface area (Å²) in [6, 6.07) is 15.7. The van der Waals surface area contributed by atoms with E-state index in [1.54, 1.807) is 0 Å². The van der Waals surface area contributed by atoms with Gasteiger partial charge in [-0.15, -0.1) is 0 Å². The lowest BCUT2D eigenvalue weighted by Gasteiger charge is -2.20. The smallest absolute Gasteiger partial charge is 0.407 e. The highest BCUT2D eigenvalue weighted by atomic mass is 16.5. The molecule has 0 saturated carbocycles. The van der Waals surface area contributed by atoms with Crippen LogP contribution >= 0.6 is 0 Å². The van der Waals surface area contributed by atoms with Crippen LogP contribution < -0.4 is 10.6 Å². The zero-order valence-corrected chi connectivity index (χ0v) is 19.1. The quantitative estimate of drug-likeness (QED) is 0.555. The van der Waals surface area contributed by atoms with Gasteiger partial charge < -0.3 is 30.0 Å². The van der Waals surface area contributed by atoms with E-state index in [2.05, 4.69) is 34.9 Å². The van der Waals surface area contributed by atoms with Gasteiger partial charge in [0, 0.05) is 12.5 Å². The predicted octanol–water partition coefficient (Wildman–Crippen LogP) is 2.15. The van der Waals surface area contributed by atoms with Gasteiger partial charge in [-0.1, -0.05) is 48.5 Å². The van der Waals surface area contributed by atoms with Gasteiger partial charge in [-0.05, 0) is 28.7 Å². The third-order valence-electron chi connectivity index (χ3n) is 7.00. The molecule has 2 aromatic rings. The molecule has 3 N–H and O–H groups in total. The number of carbonyl (C=O) groups is 3. The number of alkyl carbamates (subject to hydrolysis) is 1. The Morgan fingerprint density at radius 3 is 2.31 bits per heavy atom. The van der Waals surface area contributed by atoms with Gasteiger partial charge >= 0.3 is 12.1 Å². The molecule has 2 saturated heterocycles. The van der Waals surface area contributed by atoms with Crippen molar-refractivity contribution in [3.63, 3.8) is 0 Å². The Morgan fingerprint density at radius 1 is 0.971 bits per heavy atom. The molecule has 1 aliphatic carbocycles. The van der Waals surface area contributed by atoms with Crippen molar-refractivity contribution < 1.29 is 33.7 Å². The highest BCUT2D eigenvalue weighted by Crippen LogP contribution is 2.44. The molecule has 2 aromatic carbocycles. The number of hydrogen-bond acceptors (Lipinski definition) is 6. The second-order valence-electron chi connectivity index (χ2n) is 9.19. The summed E-state index contributed by atoms with van der Waals surface area (Å²) in [6.07, 6.45) is -0.572. The van der Waals surface area contributed by atoms with Gasteiger partial charge in [-0.2, -0.15) is 0 Å². The minimum atomic E-state index is -0.893. The number of rotatable bonds is 7. The summed E-state index contributed by atoms with van der Waals surface area (Å²) >= 11 is 0. The van der Waals surface area contributed by atoms with Gasteiger partial charge in [0.25, 0.3) is 0 Å². The number of aliphatic carboxylic acids is 1. The van der Waals surface area contributed by atoms with Crippen molar-refractivity contribution in [2.75, 3.05) is 33.0 Å². The van der Waals surface area contributed by atoms with Crippen LogP contribution in [0.2, 0.25) is 0 Å². The number of carboxylic acid groups (broad SMARTS) is 1. The monoisotopic (exact) mass is 480 g/mol. The van der Waals surface area contributed by atoms with Gasteiger partial charge in [0.15, 0.2) is 0 Å². The van der Waals surface area contributed by atoms with E-state index in [-0.39, 0.29) is 50.9 Å². The number of carboxylic acids is 1. The molecule has 2 heterocycles. The Labute approximate surface area is 202 Å². The normalized spacial score (nSPS) is 25.0. The van der Waals surface area contributed by atoms with Crippen LogP contribution in [-0.4, -0.2) is 68.2 Å². The molecule has 35 heavy (non-hydrogen) atoms. The molecule has 0 bridgehead atoms. The number of nitrogens with one attached hydrogen (secondary N) is 2. The number of fused-ring (bicyclic) bond motifs is 3. The number of carbonyl (C=O) groups excluding carboxylic acids is 2. The van der Waals surface area contributed by atoms with Crippen molar-refractivity contribution in [2.24, 2.45) is 11.8 Å². The zero-order valence-electron chi connectivity index (χ0n) is 19.1. The van der Waals surface area contributed by atoms with E-state index in [0.717, 1.165) is 22.3 Å². The summed E-state index contributed by atoms with van der Waals surface area (Å²) in [6.45, 7) is 0.950. The fourth-order valence-corrected chi connectivity index (χ4v) is 5.11. The lowest BCUT2D eigenvalue weighted by molar-refractivity contribution is -0.141. The highest BCUT2D eigenvalue weighted by Gasteiger charge is 2.37. The maximum absolute atomic E-state index is 12.7. The molecule has 5 rings (SSSR count). The largest absolute Gasteiger partial charge is 0.481 e. The number of ether oxygens (including phenoxy) is 3. The Bertz CT molecular complexity index is 1070. The lowest BCUT2D eigenvalue weighted by atomic mass is 9.98. The molecule has 4 unspecified atom stereocenters. The first-order chi connectivity index (χ1) is 17.0. The van der Waals surface area contributed by atoms with Crippen LogP contribution in [0.5, 0.6) is 0 Å². The molecule has 2 amide bonds. The van der Waals surface area contributed by atoms with Crippen molar-refractivity contribution >= 4 is 18.0 Å². The zero-order chi connectivity index (χ0) is 24.4. The molecule has 0 spiro atoms. The van der Waals surface area contributed by atoms with Crippen LogP contribution in [0.15, 0.2) is 48.5 Å². The van der Waals surface area contributed by atoms with Crippen LogP contribution in [0.3, 0.4) is 0 Å². The molecule has 184 valence electrons. The average molecular weight is 481 g/mol. The Hall–Kier alpha value is -3.43. The van der Waals surface area contributed by atoms with Crippen LogP contribution in [0.1, 0.15) is 23.5 Å². The first kappa shape index (κ1) is 23.3. The van der Waals surface area contributed by atoms with E-state index < -0.39 is 29.9 Å². The second-order valence-corrected chi connectivity index (χ2v) is 9.19. The van der Waals surface area contributed by atoms with E-state index in [4.69, 9.17) is 19.3 Å². The SMILES string of the molecule is O=C(NC1COCC1C(=O)NCC1CC(C(=O)O)CO1)OCC1c2ccccc2-c2ccccc21. The molecule has 2 fully saturated rings. The van der Waals surface area contributed by atoms with Crippen LogP contribution in [0, 0.1) is 11.8 Å². The third-order valence-corrected chi connectivity index (χ3v) is 7.00. The van der Waals surface area contributed by atoms with E-state index in [9.17, 15) is 14.4 Å². The van der Waals surface area contributed by atoms with E-state index in [1.807, 2.05) is 24.3 Å². The van der Waals surface area contributed by atoms with Crippen molar-refractivity contribution in [3.8, 4) is 11.1 Å². The van der Waals surface area contributed by atoms with Crippen molar-refractivity contribution in [1.29, 1.82) is 0 Å². The summed E-state index contributed by atoms with van der Waals surface area (Å²) in [4.78, 5) is 36.4. The second kappa shape index (κ2) is 10.1. The third kappa shape index (κ3) is 4.87. The Morgan fingerprint density at radius 2 is 1.66 bits per heavy atom. The Balaban J connectivity index is 1.13. The van der Waals surface area contributed by atoms with Gasteiger partial charge in [-0.3, -0.25) is 9.59 Å². The minimum absolute atomic E-state index is 0.0480. The fraction of sp³-hybridized carbons (Fsp3) is 0.423. The molecule has 4 atom stereocenters. The van der Waals surface area contributed by atoms with Crippen molar-refractivity contribution in [2.45, 2.75) is 24.5 Å². The average Bonchev–Trinajstić information content (AvgIpc) is 3.59. The summed E-state index contributed by atoms with van der Waals surface area (Å²) in [5.74, 6) is -2.32. The molecule has 9 nitrogen and oxygen atoms in total. The lowest BCUT2D eigenvalue weighted by Crippen LogP contribution is -2.47. The first-order valence-corrected chi connectivity index (χ1v) is 11.8. The number of benzene rings is 2. The molecule has 0 radical (unpaired) electrons. The Kier molecular flexibility index (Phi) is 6.70. The highest BCUT2D eigenvalue weighted by molar-refractivity contribution is 5.81. The number of hydrogen-bond donors (Lipinski definition) is 3. The standard InChI is InChI=1S/C26H28N2O7/c29-24(27-10-16-9-15(11-34-16)25(30)31)22-12-33-14-23(22)28-26(32)35-13-21-19-7-3-1-5-17(19)18-6-2-4-8-20(18)21/h1-8,15-16,21-23H,9-14H2,(H,27,29)(H,28,32)(H,30,31). The fourth-order valence-electron chi connectivity index (χ4n) is 5.11. The molecule has 3 aliphatic rings. The van der Waals surface area contributed by atoms with E-state index in [0.29, 0.717) is 6.42 Å². The number of amides is 2. The first-order valence-electron chi connectivity index (χ1n) is 11.8. The van der Waals surface area contributed by atoms with Crippen molar-refractivity contribution in [3.05, 3.63) is 59.7 Å². The minimum Gasteiger partial charge on any atom is -0.481 e. The molecule has 0 aromatic heterocycles. The maximum atomic E-state index is 12.7. The van der Waals surface area contributed by atoms with Gasteiger partial charge in [0.05, 0.1) is 43.8 Å². The van der Waals surface area contributed by atoms with E-state index in [1.165, 1.54) is 0 Å². The van der Waals surface area contributed by atoms with Gasteiger partial charge in [-0.25, -0.2) is 4.79 Å². The predicted molar refractivity (Wildman–Crippen MR) is 125 cm³/mol. The summed E-state index contributed by atoms with van der Waals surface area (Å²) < 4.78 is 16.5. The van der Waals surface area contributed by atoms with Gasteiger partial charge in [0.2, 0.25) is 5.91 Å². The van der Waals surface area contributed by atoms with Gasteiger partial charge in [0.1, 0.15) is 6.61 Å². The molecular formula is C26H28N2O7. The molecule has 9 heteroatoms. The summed E-state index contributed by atoms with van der Waals surface area (Å²) in [5, 5.41) is 14.6. The van der Waals surface area contributed by atoms with E-state index >= 15 is 0 Å². The molecule has 2 aliphatic heterocycles. The van der Waals surface area contributed by atoms with Crippen LogP contribution in [0.25, 0.3) is 11.1 Å².